The van der Waals surface area contributed by atoms with Crippen molar-refractivity contribution >= 4 is 11.9 Å². The normalized spacial score (nSPS) is 10.2. The highest BCUT2D eigenvalue weighted by molar-refractivity contribution is 5.95. The lowest BCUT2D eigenvalue weighted by atomic mass is 10.1. The number of carbonyl (C=O) groups is 2. The molecule has 0 fully saturated rings. The molecule has 134 valence electrons. The number of rotatable bonds is 8. The maximum absolute atomic E-state index is 12.9. The van der Waals surface area contributed by atoms with Gasteiger partial charge in [-0.2, -0.15) is 0 Å². The van der Waals surface area contributed by atoms with E-state index in [4.69, 9.17) is 13.9 Å². The van der Waals surface area contributed by atoms with Gasteiger partial charge in [0.15, 0.2) is 11.5 Å². The first kappa shape index (κ1) is 18.4. The van der Waals surface area contributed by atoms with Crippen LogP contribution in [-0.4, -0.2) is 44.7 Å². The number of methoxy groups -OCH3 is 3. The molecule has 0 N–H and O–H groups in total. The molecule has 0 aliphatic heterocycles. The molecule has 2 rings (SSSR count). The molecular weight excluding hydrogens is 326 g/mol. The molecule has 1 amide bonds. The van der Waals surface area contributed by atoms with Crippen molar-refractivity contribution in [2.45, 2.75) is 13.0 Å². The largest absolute Gasteiger partial charge is 0.493 e. The van der Waals surface area contributed by atoms with Crippen LogP contribution < -0.4 is 9.47 Å². The first-order valence-corrected chi connectivity index (χ1v) is 7.69. The van der Waals surface area contributed by atoms with Crippen LogP contribution in [0.1, 0.15) is 22.5 Å². The molecule has 7 heteroatoms. The molecule has 0 spiro atoms. The third-order valence-corrected chi connectivity index (χ3v) is 3.66. The molecule has 0 unspecified atom stereocenters. The summed E-state index contributed by atoms with van der Waals surface area (Å²) < 4.78 is 20.4. The van der Waals surface area contributed by atoms with Gasteiger partial charge in [0.25, 0.3) is 5.91 Å². The zero-order valence-electron chi connectivity index (χ0n) is 14.5. The number of carbonyl (C=O) groups excluding carboxylic acids is 2. The molecule has 7 nitrogen and oxygen atoms in total. The monoisotopic (exact) mass is 347 g/mol. The summed E-state index contributed by atoms with van der Waals surface area (Å²) in [7, 11) is 4.35. The van der Waals surface area contributed by atoms with Crippen molar-refractivity contribution in [1.82, 2.24) is 4.90 Å². The summed E-state index contributed by atoms with van der Waals surface area (Å²) in [5.41, 5.74) is 0.425. The van der Waals surface area contributed by atoms with Crippen molar-refractivity contribution in [3.8, 4) is 11.5 Å². The Morgan fingerprint density at radius 1 is 1.08 bits per heavy atom. The SMILES string of the molecule is COC(=O)CCN(Cc1ccco1)C(=O)c1ccc(OC)c(OC)c1. The summed E-state index contributed by atoms with van der Waals surface area (Å²) >= 11 is 0. The second kappa shape index (κ2) is 8.77. The maximum atomic E-state index is 12.9. The zero-order valence-corrected chi connectivity index (χ0v) is 14.5. The summed E-state index contributed by atoms with van der Waals surface area (Å²) in [5.74, 6) is 0.981. The van der Waals surface area contributed by atoms with Crippen LogP contribution >= 0.6 is 0 Å². The fourth-order valence-electron chi connectivity index (χ4n) is 2.32. The molecule has 25 heavy (non-hydrogen) atoms. The first-order valence-electron chi connectivity index (χ1n) is 7.69. The predicted molar refractivity (Wildman–Crippen MR) is 89.6 cm³/mol. The lowest BCUT2D eigenvalue weighted by molar-refractivity contribution is -0.140. The molecule has 0 aliphatic carbocycles. The molecule has 2 aromatic rings. The van der Waals surface area contributed by atoms with Crippen LogP contribution in [0.5, 0.6) is 11.5 Å². The molecular formula is C18H21NO6. The maximum Gasteiger partial charge on any atom is 0.307 e. The highest BCUT2D eigenvalue weighted by Gasteiger charge is 2.20. The van der Waals surface area contributed by atoms with Crippen molar-refractivity contribution in [2.75, 3.05) is 27.9 Å². The Bertz CT molecular complexity index is 710. The average molecular weight is 347 g/mol. The van der Waals surface area contributed by atoms with Gasteiger partial charge in [0, 0.05) is 12.1 Å². The molecule has 0 bridgehead atoms. The summed E-state index contributed by atoms with van der Waals surface area (Å²) in [6, 6.07) is 8.44. The minimum absolute atomic E-state index is 0.0935. The van der Waals surface area contributed by atoms with Crippen LogP contribution in [0.3, 0.4) is 0 Å². The third kappa shape index (κ3) is 4.76. The van der Waals surface area contributed by atoms with Gasteiger partial charge in [-0.1, -0.05) is 0 Å². The second-order valence-electron chi connectivity index (χ2n) is 5.20. The minimum atomic E-state index is -0.385. The Kier molecular flexibility index (Phi) is 6.45. The van der Waals surface area contributed by atoms with Gasteiger partial charge in [0.05, 0.1) is 40.6 Å². The van der Waals surface area contributed by atoms with Gasteiger partial charge < -0.3 is 23.5 Å². The van der Waals surface area contributed by atoms with E-state index < -0.39 is 0 Å². The molecule has 0 radical (unpaired) electrons. The number of hydrogen-bond donors (Lipinski definition) is 0. The number of furan rings is 1. The quantitative estimate of drug-likeness (QED) is 0.683. The van der Waals surface area contributed by atoms with Crippen LogP contribution in [0.2, 0.25) is 0 Å². The first-order chi connectivity index (χ1) is 12.1. The van der Waals surface area contributed by atoms with E-state index in [1.807, 2.05) is 0 Å². The number of esters is 1. The van der Waals surface area contributed by atoms with Crippen molar-refractivity contribution in [2.24, 2.45) is 0 Å². The predicted octanol–water partition coefficient (Wildman–Crippen LogP) is 2.50. The Morgan fingerprint density at radius 2 is 1.84 bits per heavy atom. The highest BCUT2D eigenvalue weighted by atomic mass is 16.5. The topological polar surface area (TPSA) is 78.2 Å². The summed E-state index contributed by atoms with van der Waals surface area (Å²) in [6.45, 7) is 0.456. The van der Waals surface area contributed by atoms with E-state index in [-0.39, 0.29) is 31.4 Å². The molecule has 1 aromatic carbocycles. The molecule has 0 atom stereocenters. The molecule has 1 heterocycles. The molecule has 0 saturated heterocycles. The summed E-state index contributed by atoms with van der Waals surface area (Å²) in [6.07, 6.45) is 1.63. The van der Waals surface area contributed by atoms with E-state index in [0.29, 0.717) is 22.8 Å². The van der Waals surface area contributed by atoms with Gasteiger partial charge in [0.1, 0.15) is 5.76 Å². The van der Waals surface area contributed by atoms with Crippen LogP contribution in [0.4, 0.5) is 0 Å². The standard InChI is InChI=1S/C18H21NO6/c1-22-15-7-6-13(11-16(15)23-2)18(21)19(9-8-17(20)24-3)12-14-5-4-10-25-14/h4-7,10-11H,8-9,12H2,1-3H3. The fourth-order valence-corrected chi connectivity index (χ4v) is 2.32. The van der Waals surface area contributed by atoms with Crippen molar-refractivity contribution in [3.05, 3.63) is 47.9 Å². The fraction of sp³-hybridized carbons (Fsp3) is 0.333. The minimum Gasteiger partial charge on any atom is -0.493 e. The lowest BCUT2D eigenvalue weighted by Crippen LogP contribution is -2.32. The summed E-state index contributed by atoms with van der Waals surface area (Å²) in [4.78, 5) is 25.8. The Morgan fingerprint density at radius 3 is 2.44 bits per heavy atom. The Hall–Kier alpha value is -2.96. The van der Waals surface area contributed by atoms with Crippen LogP contribution in [0.15, 0.2) is 41.0 Å². The van der Waals surface area contributed by atoms with E-state index in [9.17, 15) is 9.59 Å². The van der Waals surface area contributed by atoms with E-state index in [0.717, 1.165) is 0 Å². The Labute approximate surface area is 146 Å². The number of ether oxygens (including phenoxy) is 3. The number of amides is 1. The number of benzene rings is 1. The van der Waals surface area contributed by atoms with Crippen molar-refractivity contribution in [1.29, 1.82) is 0 Å². The van der Waals surface area contributed by atoms with Crippen LogP contribution in [-0.2, 0) is 16.1 Å². The van der Waals surface area contributed by atoms with E-state index >= 15 is 0 Å². The van der Waals surface area contributed by atoms with Gasteiger partial charge in [-0.25, -0.2) is 0 Å². The van der Waals surface area contributed by atoms with Gasteiger partial charge >= 0.3 is 5.97 Å². The van der Waals surface area contributed by atoms with Gasteiger partial charge in [-0.3, -0.25) is 9.59 Å². The third-order valence-electron chi connectivity index (χ3n) is 3.66. The second-order valence-corrected chi connectivity index (χ2v) is 5.20. The zero-order chi connectivity index (χ0) is 18.2. The van der Waals surface area contributed by atoms with E-state index in [1.165, 1.54) is 32.5 Å². The molecule has 0 aliphatic rings. The summed E-state index contributed by atoms with van der Waals surface area (Å²) in [5, 5.41) is 0. The van der Waals surface area contributed by atoms with Crippen LogP contribution in [0.25, 0.3) is 0 Å². The van der Waals surface area contributed by atoms with Crippen molar-refractivity contribution < 1.29 is 28.2 Å². The van der Waals surface area contributed by atoms with Gasteiger partial charge in [0.2, 0.25) is 0 Å². The van der Waals surface area contributed by atoms with Crippen LogP contribution in [0, 0.1) is 0 Å². The average Bonchev–Trinajstić information content (AvgIpc) is 3.16. The highest BCUT2D eigenvalue weighted by Crippen LogP contribution is 2.28. The van der Waals surface area contributed by atoms with Gasteiger partial charge in [-0.15, -0.1) is 0 Å². The van der Waals surface area contributed by atoms with Crippen molar-refractivity contribution in [3.63, 3.8) is 0 Å². The molecule has 0 saturated carbocycles. The van der Waals surface area contributed by atoms with E-state index in [1.54, 1.807) is 30.3 Å². The van der Waals surface area contributed by atoms with E-state index in [2.05, 4.69) is 4.74 Å². The number of nitrogens with zero attached hydrogens (tertiary/aromatic N) is 1. The smallest absolute Gasteiger partial charge is 0.307 e. The Balaban J connectivity index is 2.22. The number of hydrogen-bond acceptors (Lipinski definition) is 6. The van der Waals surface area contributed by atoms with Gasteiger partial charge in [-0.05, 0) is 30.3 Å². The lowest BCUT2D eigenvalue weighted by Gasteiger charge is -2.22. The molecule has 1 aromatic heterocycles.